The number of hydroxylamine groups is 2. The number of carbonyl (C=O) groups excluding carboxylic acids is 2. The summed E-state index contributed by atoms with van der Waals surface area (Å²) in [5.74, 6) is -0.130. The number of piperidine rings is 2. The summed E-state index contributed by atoms with van der Waals surface area (Å²) in [7, 11) is 0. The Kier molecular flexibility index (Phi) is 4.40. The number of carbonyl (C=O) groups is 2. The van der Waals surface area contributed by atoms with Crippen molar-refractivity contribution in [3.05, 3.63) is 0 Å². The van der Waals surface area contributed by atoms with E-state index in [1.165, 1.54) is 0 Å². The van der Waals surface area contributed by atoms with Gasteiger partial charge in [0.15, 0.2) is 0 Å². The van der Waals surface area contributed by atoms with Crippen LogP contribution < -0.4 is 0 Å². The van der Waals surface area contributed by atoms with E-state index in [0.29, 0.717) is 37.7 Å². The molecule has 4 saturated heterocycles. The Morgan fingerprint density at radius 2 is 1.84 bits per heavy atom. The first-order chi connectivity index (χ1) is 12.0. The van der Waals surface area contributed by atoms with Gasteiger partial charge in [-0.1, -0.05) is 0 Å². The summed E-state index contributed by atoms with van der Waals surface area (Å²) in [6.45, 7) is 4.77. The van der Waals surface area contributed by atoms with Crippen molar-refractivity contribution < 1.29 is 19.5 Å². The van der Waals surface area contributed by atoms with Crippen molar-refractivity contribution in [1.29, 1.82) is 0 Å². The first-order valence-electron chi connectivity index (χ1n) is 9.70. The molecule has 4 aliphatic rings. The van der Waals surface area contributed by atoms with Gasteiger partial charge in [0.2, 0.25) is 5.91 Å². The molecule has 3 atom stereocenters. The summed E-state index contributed by atoms with van der Waals surface area (Å²) < 4.78 is 5.24. The quantitative estimate of drug-likeness (QED) is 0.769. The van der Waals surface area contributed by atoms with Crippen LogP contribution in [0.1, 0.15) is 51.9 Å². The zero-order valence-corrected chi connectivity index (χ0v) is 15.0. The Balaban J connectivity index is 1.35. The molecule has 0 aromatic heterocycles. The van der Waals surface area contributed by atoms with Crippen LogP contribution in [0.2, 0.25) is 0 Å². The lowest BCUT2D eigenvalue weighted by Crippen LogP contribution is -2.54. The number of hydrogen-bond acceptors (Lipinski definition) is 5. The van der Waals surface area contributed by atoms with E-state index in [9.17, 15) is 14.8 Å². The summed E-state index contributed by atoms with van der Waals surface area (Å²) >= 11 is 0. The first-order valence-corrected chi connectivity index (χ1v) is 9.70. The molecule has 0 aromatic rings. The predicted molar refractivity (Wildman–Crippen MR) is 90.0 cm³/mol. The van der Waals surface area contributed by atoms with Gasteiger partial charge in [0.25, 0.3) is 0 Å². The summed E-state index contributed by atoms with van der Waals surface area (Å²) in [5, 5.41) is 10.6. The number of hydrogen-bond donors (Lipinski definition) is 1. The number of amides is 2. The van der Waals surface area contributed by atoms with E-state index in [1.807, 2.05) is 11.8 Å². The lowest BCUT2D eigenvalue weighted by Gasteiger charge is -2.46. The zero-order valence-electron chi connectivity index (χ0n) is 15.0. The van der Waals surface area contributed by atoms with E-state index >= 15 is 0 Å². The van der Waals surface area contributed by atoms with Crippen LogP contribution in [0.4, 0.5) is 4.79 Å². The largest absolute Gasteiger partial charge is 0.450 e. The van der Waals surface area contributed by atoms with Crippen LogP contribution in [0.15, 0.2) is 0 Å². The van der Waals surface area contributed by atoms with Gasteiger partial charge in [-0.3, -0.25) is 10.0 Å². The third-order valence-corrected chi connectivity index (χ3v) is 6.86. The average molecular weight is 351 g/mol. The lowest BCUT2D eigenvalue weighted by atomic mass is 9.77. The zero-order chi connectivity index (χ0) is 17.6. The Morgan fingerprint density at radius 1 is 1.20 bits per heavy atom. The molecule has 0 radical (unpaired) electrons. The van der Waals surface area contributed by atoms with Crippen LogP contribution in [0.25, 0.3) is 0 Å². The summed E-state index contributed by atoms with van der Waals surface area (Å²) in [4.78, 5) is 28.4. The maximum absolute atomic E-state index is 12.2. The molecule has 1 N–H and O–H groups in total. The third kappa shape index (κ3) is 3.01. The molecule has 1 spiro atoms. The minimum absolute atomic E-state index is 0.0209. The van der Waals surface area contributed by atoms with Crippen molar-refractivity contribution in [2.24, 2.45) is 5.41 Å². The Morgan fingerprint density at radius 3 is 2.36 bits per heavy atom. The van der Waals surface area contributed by atoms with Gasteiger partial charge in [0.1, 0.15) is 0 Å². The normalized spacial score (nSPS) is 34.8. The Hall–Kier alpha value is -1.34. The van der Waals surface area contributed by atoms with E-state index in [0.717, 1.165) is 56.7 Å². The number of fused-ring (bicyclic) bond motifs is 2. The molecule has 4 heterocycles. The number of nitrogens with zero attached hydrogens (tertiary/aromatic N) is 3. The topological polar surface area (TPSA) is 73.3 Å². The van der Waals surface area contributed by atoms with Crippen LogP contribution in [-0.2, 0) is 9.53 Å². The van der Waals surface area contributed by atoms with E-state index in [2.05, 4.69) is 4.90 Å². The maximum atomic E-state index is 12.2. The number of rotatable bonds is 2. The molecule has 140 valence electrons. The molecule has 2 bridgehead atoms. The van der Waals surface area contributed by atoms with Gasteiger partial charge in [-0.05, 0) is 58.5 Å². The third-order valence-electron chi connectivity index (χ3n) is 6.86. The molecule has 7 nitrogen and oxygen atoms in total. The van der Waals surface area contributed by atoms with Gasteiger partial charge >= 0.3 is 6.09 Å². The molecular weight excluding hydrogens is 322 g/mol. The fourth-order valence-electron chi connectivity index (χ4n) is 5.51. The Bertz CT molecular complexity index is 532. The number of likely N-dealkylation sites (tertiary alicyclic amines) is 1. The van der Waals surface area contributed by atoms with Crippen molar-refractivity contribution in [3.8, 4) is 0 Å². The first kappa shape index (κ1) is 17.1. The maximum Gasteiger partial charge on any atom is 0.410 e. The monoisotopic (exact) mass is 351 g/mol. The van der Waals surface area contributed by atoms with Gasteiger partial charge in [-0.2, -0.15) is 0 Å². The predicted octanol–water partition coefficient (Wildman–Crippen LogP) is 1.84. The molecule has 7 heteroatoms. The van der Waals surface area contributed by atoms with Crippen molar-refractivity contribution in [3.63, 3.8) is 0 Å². The molecule has 2 amide bonds. The summed E-state index contributed by atoms with van der Waals surface area (Å²) in [5.41, 5.74) is -0.0209. The molecule has 4 aliphatic heterocycles. The van der Waals surface area contributed by atoms with Gasteiger partial charge in [0.05, 0.1) is 13.2 Å². The van der Waals surface area contributed by atoms with Crippen LogP contribution in [0.3, 0.4) is 0 Å². The fraction of sp³-hybridized carbons (Fsp3) is 0.889. The highest BCUT2D eigenvalue weighted by Gasteiger charge is 2.49. The highest BCUT2D eigenvalue weighted by atomic mass is 16.6. The highest BCUT2D eigenvalue weighted by molar-refractivity contribution is 5.78. The fourth-order valence-corrected chi connectivity index (χ4v) is 5.51. The molecule has 0 saturated carbocycles. The molecule has 4 fully saturated rings. The van der Waals surface area contributed by atoms with Crippen molar-refractivity contribution in [1.82, 2.24) is 14.9 Å². The molecular formula is C18H29N3O4. The summed E-state index contributed by atoms with van der Waals surface area (Å²) in [6.07, 6.45) is 6.55. The molecule has 1 unspecified atom stereocenters. The molecule has 25 heavy (non-hydrogen) atoms. The minimum atomic E-state index is -0.140. The van der Waals surface area contributed by atoms with Crippen LogP contribution >= 0.6 is 0 Å². The molecule has 4 rings (SSSR count). The van der Waals surface area contributed by atoms with Crippen molar-refractivity contribution in [2.45, 2.75) is 70.0 Å². The van der Waals surface area contributed by atoms with Crippen LogP contribution in [0.5, 0.6) is 0 Å². The second kappa shape index (κ2) is 6.43. The number of ether oxygens (including phenoxy) is 1. The van der Waals surface area contributed by atoms with E-state index in [-0.39, 0.29) is 17.4 Å². The van der Waals surface area contributed by atoms with Gasteiger partial charge in [0, 0.05) is 30.0 Å². The van der Waals surface area contributed by atoms with E-state index < -0.39 is 0 Å². The highest BCUT2D eigenvalue weighted by Crippen LogP contribution is 2.43. The van der Waals surface area contributed by atoms with Gasteiger partial charge < -0.3 is 14.5 Å². The second-order valence-corrected chi connectivity index (χ2v) is 8.28. The van der Waals surface area contributed by atoms with Gasteiger partial charge in [-0.25, -0.2) is 9.86 Å². The van der Waals surface area contributed by atoms with Crippen molar-refractivity contribution >= 4 is 12.0 Å². The summed E-state index contributed by atoms with van der Waals surface area (Å²) in [6, 6.07) is 1.17. The van der Waals surface area contributed by atoms with Crippen molar-refractivity contribution in [2.75, 3.05) is 26.2 Å². The minimum Gasteiger partial charge on any atom is -0.450 e. The van der Waals surface area contributed by atoms with Crippen LogP contribution in [-0.4, -0.2) is 76.4 Å². The lowest BCUT2D eigenvalue weighted by molar-refractivity contribution is -0.158. The van der Waals surface area contributed by atoms with Gasteiger partial charge in [-0.15, -0.1) is 0 Å². The standard InChI is InChI=1S/C18H29N3O4/c1-2-25-17(23)21-13-3-4-14(21)10-15(9-13)19-7-5-18(6-8-19)11-16(22)20(24)12-18/h13-15,24H,2-12H2,1H3/t13-,14+,15?. The molecule has 0 aromatic carbocycles. The van der Waals surface area contributed by atoms with Crippen LogP contribution in [0, 0.1) is 5.41 Å². The van der Waals surface area contributed by atoms with E-state index in [4.69, 9.17) is 4.74 Å². The Labute approximate surface area is 148 Å². The second-order valence-electron chi connectivity index (χ2n) is 8.28. The average Bonchev–Trinajstić information content (AvgIpc) is 3.01. The molecule has 0 aliphatic carbocycles. The smallest absolute Gasteiger partial charge is 0.410 e. The SMILES string of the molecule is CCOC(=O)N1[C@@H]2CC[C@H]1CC(N1CCC3(CC1)CC(=O)N(O)C3)C2. The van der Waals surface area contributed by atoms with E-state index in [1.54, 1.807) is 0 Å².